The summed E-state index contributed by atoms with van der Waals surface area (Å²) >= 11 is 3.46. The molecule has 17 heavy (non-hydrogen) atoms. The Morgan fingerprint density at radius 2 is 2.00 bits per heavy atom. The van der Waals surface area contributed by atoms with Crippen molar-refractivity contribution >= 4 is 21.9 Å². The van der Waals surface area contributed by atoms with Crippen LogP contribution in [0.3, 0.4) is 0 Å². The summed E-state index contributed by atoms with van der Waals surface area (Å²) in [6.07, 6.45) is 1.94. The van der Waals surface area contributed by atoms with Gasteiger partial charge in [-0.3, -0.25) is 4.79 Å². The molecule has 0 aliphatic heterocycles. The second kappa shape index (κ2) is 4.45. The smallest absolute Gasteiger partial charge is 0.314 e. The predicted octanol–water partition coefficient (Wildman–Crippen LogP) is 4.06. The standard InChI is InChI=1S/C14H17BrO2/c1-14(2,3)10-6-7-12(11(15)8-10)17-13(16)9-4-5-9/h6-9H,4-5H2,1-3H3. The monoisotopic (exact) mass is 296 g/mol. The summed E-state index contributed by atoms with van der Waals surface area (Å²) in [4.78, 5) is 11.6. The van der Waals surface area contributed by atoms with Gasteiger partial charge in [-0.1, -0.05) is 26.8 Å². The lowest BCUT2D eigenvalue weighted by atomic mass is 9.87. The van der Waals surface area contributed by atoms with Crippen molar-refractivity contribution in [3.63, 3.8) is 0 Å². The first-order chi connectivity index (χ1) is 7.88. The zero-order chi connectivity index (χ0) is 12.6. The van der Waals surface area contributed by atoms with Crippen molar-refractivity contribution in [1.29, 1.82) is 0 Å². The average Bonchev–Trinajstić information content (AvgIpc) is 3.02. The first kappa shape index (κ1) is 12.6. The maximum atomic E-state index is 11.6. The number of rotatable bonds is 2. The molecule has 2 rings (SSSR count). The van der Waals surface area contributed by atoms with E-state index in [9.17, 15) is 4.79 Å². The lowest BCUT2D eigenvalue weighted by Gasteiger charge is -2.20. The topological polar surface area (TPSA) is 26.3 Å². The van der Waals surface area contributed by atoms with Crippen molar-refractivity contribution in [2.75, 3.05) is 0 Å². The molecule has 1 aromatic carbocycles. The highest BCUT2D eigenvalue weighted by Gasteiger charge is 2.32. The summed E-state index contributed by atoms with van der Waals surface area (Å²) < 4.78 is 6.20. The third kappa shape index (κ3) is 3.09. The van der Waals surface area contributed by atoms with Crippen LogP contribution in [0.4, 0.5) is 0 Å². The molecular weight excluding hydrogens is 280 g/mol. The SMILES string of the molecule is CC(C)(C)c1ccc(OC(=O)C2CC2)c(Br)c1. The average molecular weight is 297 g/mol. The van der Waals surface area contributed by atoms with Crippen molar-refractivity contribution in [2.45, 2.75) is 39.0 Å². The van der Waals surface area contributed by atoms with E-state index in [0.29, 0.717) is 5.75 Å². The van der Waals surface area contributed by atoms with Crippen LogP contribution in [0.25, 0.3) is 0 Å². The Kier molecular flexibility index (Phi) is 3.30. The molecule has 3 heteroatoms. The third-order valence-corrected chi connectivity index (χ3v) is 3.54. The van der Waals surface area contributed by atoms with Crippen LogP contribution in [0.2, 0.25) is 0 Å². The molecule has 1 aliphatic rings. The van der Waals surface area contributed by atoms with Crippen molar-refractivity contribution in [3.8, 4) is 5.75 Å². The summed E-state index contributed by atoms with van der Waals surface area (Å²) in [5.74, 6) is 0.647. The van der Waals surface area contributed by atoms with Crippen molar-refractivity contribution < 1.29 is 9.53 Å². The van der Waals surface area contributed by atoms with Crippen LogP contribution in [0.1, 0.15) is 39.2 Å². The van der Waals surface area contributed by atoms with Crippen molar-refractivity contribution in [2.24, 2.45) is 5.92 Å². The Morgan fingerprint density at radius 1 is 1.35 bits per heavy atom. The second-order valence-corrected chi connectivity index (χ2v) is 6.44. The van der Waals surface area contributed by atoms with Crippen LogP contribution in [0.15, 0.2) is 22.7 Å². The van der Waals surface area contributed by atoms with E-state index in [1.807, 2.05) is 18.2 Å². The maximum absolute atomic E-state index is 11.6. The van der Waals surface area contributed by atoms with Gasteiger partial charge in [0.25, 0.3) is 0 Å². The molecule has 0 atom stereocenters. The molecule has 0 saturated heterocycles. The van der Waals surface area contributed by atoms with Crippen LogP contribution in [-0.2, 0) is 10.2 Å². The van der Waals surface area contributed by atoms with E-state index in [0.717, 1.165) is 17.3 Å². The van der Waals surface area contributed by atoms with E-state index in [1.54, 1.807) is 0 Å². The molecule has 0 heterocycles. The van der Waals surface area contributed by atoms with Gasteiger partial charge in [-0.15, -0.1) is 0 Å². The van der Waals surface area contributed by atoms with E-state index >= 15 is 0 Å². The molecule has 0 unspecified atom stereocenters. The fourth-order valence-corrected chi connectivity index (χ4v) is 2.02. The fraction of sp³-hybridized carbons (Fsp3) is 0.500. The molecule has 0 N–H and O–H groups in total. The van der Waals surface area contributed by atoms with Gasteiger partial charge in [-0.2, -0.15) is 0 Å². The van der Waals surface area contributed by atoms with Crippen LogP contribution in [0, 0.1) is 5.92 Å². The number of esters is 1. The van der Waals surface area contributed by atoms with Gasteiger partial charge < -0.3 is 4.74 Å². The van der Waals surface area contributed by atoms with E-state index in [4.69, 9.17) is 4.74 Å². The highest BCUT2D eigenvalue weighted by molar-refractivity contribution is 9.10. The van der Waals surface area contributed by atoms with E-state index in [1.165, 1.54) is 5.56 Å². The number of carbonyl (C=O) groups is 1. The van der Waals surface area contributed by atoms with E-state index < -0.39 is 0 Å². The number of halogens is 1. The Hall–Kier alpha value is -0.830. The molecule has 0 spiro atoms. The summed E-state index contributed by atoms with van der Waals surface area (Å²) in [5, 5.41) is 0. The highest BCUT2D eigenvalue weighted by atomic mass is 79.9. The summed E-state index contributed by atoms with van der Waals surface area (Å²) in [5.41, 5.74) is 1.32. The Labute approximate surface area is 110 Å². The van der Waals surface area contributed by atoms with Gasteiger partial charge in [-0.05, 0) is 51.9 Å². The first-order valence-corrected chi connectivity index (χ1v) is 6.69. The minimum absolute atomic E-state index is 0.0988. The molecule has 0 radical (unpaired) electrons. The van der Waals surface area contributed by atoms with Gasteiger partial charge in [0, 0.05) is 0 Å². The minimum Gasteiger partial charge on any atom is -0.425 e. The molecule has 0 bridgehead atoms. The third-order valence-electron chi connectivity index (χ3n) is 2.92. The van der Waals surface area contributed by atoms with E-state index in [2.05, 4.69) is 36.7 Å². The quantitative estimate of drug-likeness (QED) is 0.608. The Morgan fingerprint density at radius 3 is 2.47 bits per heavy atom. The predicted molar refractivity (Wildman–Crippen MR) is 71.2 cm³/mol. The van der Waals surface area contributed by atoms with Gasteiger partial charge in [0.15, 0.2) is 0 Å². The number of ether oxygens (including phenoxy) is 1. The van der Waals surface area contributed by atoms with Gasteiger partial charge >= 0.3 is 5.97 Å². The zero-order valence-corrected chi connectivity index (χ0v) is 12.0. The van der Waals surface area contributed by atoms with Crippen molar-refractivity contribution in [1.82, 2.24) is 0 Å². The number of carbonyl (C=O) groups excluding carboxylic acids is 1. The van der Waals surface area contributed by atoms with Gasteiger partial charge in [0.2, 0.25) is 0 Å². The van der Waals surface area contributed by atoms with Crippen LogP contribution >= 0.6 is 15.9 Å². The molecule has 92 valence electrons. The normalized spacial score (nSPS) is 15.8. The van der Waals surface area contributed by atoms with Gasteiger partial charge in [0.1, 0.15) is 5.75 Å². The molecule has 1 aromatic rings. The van der Waals surface area contributed by atoms with Crippen LogP contribution < -0.4 is 4.74 Å². The summed E-state index contributed by atoms with van der Waals surface area (Å²) in [6, 6.07) is 5.90. The zero-order valence-electron chi connectivity index (χ0n) is 10.4. The lowest BCUT2D eigenvalue weighted by molar-refractivity contribution is -0.135. The highest BCUT2D eigenvalue weighted by Crippen LogP contribution is 2.35. The van der Waals surface area contributed by atoms with Gasteiger partial charge in [0.05, 0.1) is 10.4 Å². The lowest BCUT2D eigenvalue weighted by Crippen LogP contribution is -2.13. The largest absolute Gasteiger partial charge is 0.425 e. The number of hydrogen-bond donors (Lipinski definition) is 0. The molecule has 0 amide bonds. The molecule has 1 fully saturated rings. The Bertz CT molecular complexity index is 442. The molecule has 1 saturated carbocycles. The van der Waals surface area contributed by atoms with E-state index in [-0.39, 0.29) is 17.3 Å². The number of benzene rings is 1. The summed E-state index contributed by atoms with van der Waals surface area (Å²) in [7, 11) is 0. The Balaban J connectivity index is 2.16. The van der Waals surface area contributed by atoms with Crippen LogP contribution in [0.5, 0.6) is 5.75 Å². The minimum atomic E-state index is -0.103. The molecule has 2 nitrogen and oxygen atoms in total. The second-order valence-electron chi connectivity index (χ2n) is 5.59. The first-order valence-electron chi connectivity index (χ1n) is 5.89. The molecular formula is C14H17BrO2. The van der Waals surface area contributed by atoms with Gasteiger partial charge in [-0.25, -0.2) is 0 Å². The fourth-order valence-electron chi connectivity index (χ4n) is 1.56. The number of hydrogen-bond acceptors (Lipinski definition) is 2. The molecule has 1 aliphatic carbocycles. The van der Waals surface area contributed by atoms with Crippen LogP contribution in [-0.4, -0.2) is 5.97 Å². The molecule has 0 aromatic heterocycles. The summed E-state index contributed by atoms with van der Waals surface area (Å²) in [6.45, 7) is 6.47. The van der Waals surface area contributed by atoms with Crippen molar-refractivity contribution in [3.05, 3.63) is 28.2 Å². The maximum Gasteiger partial charge on any atom is 0.314 e.